The normalized spacial score (nSPS) is 14.0. The van der Waals surface area contributed by atoms with Gasteiger partial charge < -0.3 is 0 Å². The van der Waals surface area contributed by atoms with Crippen molar-refractivity contribution in [3.8, 4) is 0 Å². The summed E-state index contributed by atoms with van der Waals surface area (Å²) in [6, 6.07) is 0. The highest BCUT2D eigenvalue weighted by Gasteiger charge is 2.18. The molecule has 0 spiro atoms. The molecule has 4 heterocycles. The van der Waals surface area contributed by atoms with Gasteiger partial charge in [-0.25, -0.2) is 19.9 Å². The van der Waals surface area contributed by atoms with Gasteiger partial charge in [-0.2, -0.15) is 4.21 Å². The SMILES string of the molecule is Clc1nc(Cl)c2c(n1)CCS2.Clc1nc(Cl)c2c(n1)CCS2.O=S. The average Bonchev–Trinajstić information content (AvgIpc) is 3.18. The lowest BCUT2D eigenvalue weighted by Crippen LogP contribution is -1.91. The molecular weight excluding hydrogens is 454 g/mol. The fourth-order valence-corrected chi connectivity index (χ4v) is 5.12. The van der Waals surface area contributed by atoms with Crippen LogP contribution in [0.2, 0.25) is 20.9 Å². The van der Waals surface area contributed by atoms with Crippen LogP contribution in [-0.4, -0.2) is 35.7 Å². The van der Waals surface area contributed by atoms with Gasteiger partial charge in [0.2, 0.25) is 10.6 Å². The predicted octanol–water partition coefficient (Wildman–Crippen LogP) is 4.53. The molecule has 0 aromatic carbocycles. The molecule has 0 aliphatic carbocycles. The van der Waals surface area contributed by atoms with Crippen LogP contribution in [0.25, 0.3) is 0 Å². The summed E-state index contributed by atoms with van der Waals surface area (Å²) < 4.78 is 7.83. The second-order valence-electron chi connectivity index (χ2n) is 4.32. The number of hydrogen-bond donors (Lipinski definition) is 0. The molecule has 0 unspecified atom stereocenters. The van der Waals surface area contributed by atoms with Crippen LogP contribution in [0.5, 0.6) is 0 Å². The fourth-order valence-electron chi connectivity index (χ4n) is 2.00. The van der Waals surface area contributed by atoms with Crippen LogP contribution in [0, 0.1) is 0 Å². The summed E-state index contributed by atoms with van der Waals surface area (Å²) in [6.07, 6.45) is 1.89. The lowest BCUT2D eigenvalue weighted by Gasteiger charge is -1.98. The van der Waals surface area contributed by atoms with Crippen molar-refractivity contribution >= 4 is 82.5 Å². The van der Waals surface area contributed by atoms with E-state index in [1.165, 1.54) is 0 Å². The summed E-state index contributed by atoms with van der Waals surface area (Å²) in [5.41, 5.74) is 1.97. The minimum atomic E-state index is 0.247. The van der Waals surface area contributed by atoms with E-state index in [1.807, 2.05) is 0 Å². The molecule has 0 N–H and O–H groups in total. The minimum Gasteiger partial charge on any atom is -0.222 e. The van der Waals surface area contributed by atoms with E-state index in [2.05, 4.69) is 32.5 Å². The standard InChI is InChI=1S/2C6H4Cl2N2S.OS/c2*7-5-4-3(1-2-11-4)9-6(8)10-5;1-2/h2*1-2H2;. The summed E-state index contributed by atoms with van der Waals surface area (Å²) in [5.74, 6) is 2.06. The van der Waals surface area contributed by atoms with Gasteiger partial charge in [0.1, 0.15) is 10.3 Å². The number of aromatic nitrogens is 4. The van der Waals surface area contributed by atoms with E-state index in [9.17, 15) is 0 Å². The van der Waals surface area contributed by atoms with Gasteiger partial charge in [0, 0.05) is 24.3 Å². The number of thioether (sulfide) groups is 2. The molecule has 24 heavy (non-hydrogen) atoms. The first-order valence-corrected chi connectivity index (χ1v) is 10.2. The molecular formula is C12H8Cl4N4OS3. The van der Waals surface area contributed by atoms with E-state index < -0.39 is 0 Å². The topological polar surface area (TPSA) is 68.6 Å². The Morgan fingerprint density at radius 1 is 0.708 bits per heavy atom. The Hall–Kier alpha value is 0.0400. The number of rotatable bonds is 0. The molecule has 5 nitrogen and oxygen atoms in total. The van der Waals surface area contributed by atoms with Crippen molar-refractivity contribution in [2.45, 2.75) is 22.6 Å². The maximum Gasteiger partial charge on any atom is 0.224 e. The Morgan fingerprint density at radius 3 is 1.46 bits per heavy atom. The van der Waals surface area contributed by atoms with Crippen LogP contribution < -0.4 is 0 Å². The molecule has 2 aliphatic rings. The first-order valence-electron chi connectivity index (χ1n) is 6.40. The summed E-state index contributed by atoms with van der Waals surface area (Å²) >= 11 is 29.1. The first kappa shape index (κ1) is 20.4. The molecule has 0 saturated carbocycles. The molecule has 12 heteroatoms. The van der Waals surface area contributed by atoms with Crippen LogP contribution in [0.1, 0.15) is 11.4 Å². The van der Waals surface area contributed by atoms with Crippen LogP contribution in [0.4, 0.5) is 0 Å². The largest absolute Gasteiger partial charge is 0.224 e. The van der Waals surface area contributed by atoms with E-state index >= 15 is 0 Å². The molecule has 128 valence electrons. The Kier molecular flexibility index (Phi) is 8.19. The Morgan fingerprint density at radius 2 is 1.08 bits per heavy atom. The van der Waals surface area contributed by atoms with Gasteiger partial charge in [-0.05, 0) is 23.2 Å². The molecule has 0 amide bonds. The molecule has 2 aromatic heterocycles. The van der Waals surface area contributed by atoms with Gasteiger partial charge in [-0.1, -0.05) is 23.2 Å². The van der Waals surface area contributed by atoms with Crippen LogP contribution in [0.15, 0.2) is 9.79 Å². The maximum atomic E-state index is 7.83. The van der Waals surface area contributed by atoms with E-state index in [4.69, 9.17) is 50.6 Å². The van der Waals surface area contributed by atoms with Crippen molar-refractivity contribution in [3.05, 3.63) is 32.3 Å². The predicted molar refractivity (Wildman–Crippen MR) is 101 cm³/mol. The number of hydrogen-bond acceptors (Lipinski definition) is 8. The van der Waals surface area contributed by atoms with Crippen LogP contribution in [0.3, 0.4) is 0 Å². The summed E-state index contributed by atoms with van der Waals surface area (Å²) in [5, 5.41) is 1.47. The van der Waals surface area contributed by atoms with Crippen molar-refractivity contribution < 1.29 is 4.21 Å². The highest BCUT2D eigenvalue weighted by molar-refractivity contribution is 8.00. The number of halogens is 4. The molecule has 0 fully saturated rings. The van der Waals surface area contributed by atoms with Crippen molar-refractivity contribution in [2.75, 3.05) is 11.5 Å². The molecule has 0 bridgehead atoms. The van der Waals surface area contributed by atoms with E-state index in [-0.39, 0.29) is 10.6 Å². The first-order chi connectivity index (χ1) is 11.5. The van der Waals surface area contributed by atoms with Gasteiger partial charge >= 0.3 is 0 Å². The Bertz CT molecular complexity index is 691. The molecule has 4 rings (SSSR count). The van der Waals surface area contributed by atoms with Gasteiger partial charge in [-0.15, -0.1) is 23.5 Å². The van der Waals surface area contributed by atoms with Crippen LogP contribution in [-0.2, 0) is 25.4 Å². The van der Waals surface area contributed by atoms with E-state index in [1.54, 1.807) is 23.5 Å². The zero-order chi connectivity index (χ0) is 17.7. The molecule has 0 radical (unpaired) electrons. The van der Waals surface area contributed by atoms with E-state index in [0.717, 1.165) is 45.5 Å². The third kappa shape index (κ3) is 5.03. The van der Waals surface area contributed by atoms with Crippen LogP contribution >= 0.6 is 69.9 Å². The van der Waals surface area contributed by atoms with Gasteiger partial charge in [-0.3, -0.25) is 0 Å². The Balaban J connectivity index is 0.000000158. The highest BCUT2D eigenvalue weighted by Crippen LogP contribution is 2.36. The second kappa shape index (κ2) is 9.66. The van der Waals surface area contributed by atoms with Crippen molar-refractivity contribution in [2.24, 2.45) is 0 Å². The van der Waals surface area contributed by atoms with Gasteiger partial charge in [0.05, 0.1) is 21.2 Å². The summed E-state index contributed by atoms with van der Waals surface area (Å²) in [6.45, 7) is 0. The minimum absolute atomic E-state index is 0.247. The van der Waals surface area contributed by atoms with Gasteiger partial charge in [0.15, 0.2) is 12.5 Å². The van der Waals surface area contributed by atoms with Crippen molar-refractivity contribution in [1.29, 1.82) is 0 Å². The van der Waals surface area contributed by atoms with Crippen molar-refractivity contribution in [1.82, 2.24) is 19.9 Å². The molecule has 2 aliphatic heterocycles. The zero-order valence-corrected chi connectivity index (χ0v) is 17.2. The monoisotopic (exact) mass is 460 g/mol. The summed E-state index contributed by atoms with van der Waals surface area (Å²) in [7, 11) is 0. The third-order valence-electron chi connectivity index (χ3n) is 2.90. The third-order valence-corrected chi connectivity index (χ3v) is 6.27. The lowest BCUT2D eigenvalue weighted by atomic mass is 10.3. The Labute approximate surface area is 172 Å². The lowest BCUT2D eigenvalue weighted by molar-refractivity contribution is 0.702. The molecule has 0 saturated heterocycles. The number of aryl methyl sites for hydroxylation is 2. The van der Waals surface area contributed by atoms with Crippen molar-refractivity contribution in [3.63, 3.8) is 0 Å². The fraction of sp³-hybridized carbons (Fsp3) is 0.333. The molecule has 2 aromatic rings. The van der Waals surface area contributed by atoms with Gasteiger partial charge in [0.25, 0.3) is 0 Å². The number of nitrogens with zero attached hydrogens (tertiary/aromatic N) is 4. The second-order valence-corrected chi connectivity index (χ2v) is 7.92. The highest BCUT2D eigenvalue weighted by atomic mass is 35.5. The average molecular weight is 462 g/mol. The number of fused-ring (bicyclic) bond motifs is 2. The molecule has 0 atom stereocenters. The quantitative estimate of drug-likeness (QED) is 0.418. The maximum absolute atomic E-state index is 7.83. The zero-order valence-electron chi connectivity index (χ0n) is 11.8. The smallest absolute Gasteiger partial charge is 0.222 e. The summed E-state index contributed by atoms with van der Waals surface area (Å²) in [4.78, 5) is 17.8. The van der Waals surface area contributed by atoms with E-state index in [0.29, 0.717) is 10.3 Å².